The Morgan fingerprint density at radius 2 is 2.00 bits per heavy atom. The van der Waals surface area contributed by atoms with E-state index in [0.29, 0.717) is 11.8 Å². The number of aliphatic carboxylic acids is 1. The summed E-state index contributed by atoms with van der Waals surface area (Å²) in [6.07, 6.45) is 4.61. The SMILES string of the molecule is CCN(CC)C(C(=O)O)C1CCCC(C)C1. The Balaban J connectivity index is 2.71. The molecule has 0 aromatic rings. The van der Waals surface area contributed by atoms with Crippen molar-refractivity contribution in [2.45, 2.75) is 52.5 Å². The van der Waals surface area contributed by atoms with Crippen LogP contribution in [0.15, 0.2) is 0 Å². The number of hydrogen-bond donors (Lipinski definition) is 1. The molecule has 94 valence electrons. The van der Waals surface area contributed by atoms with E-state index in [1.54, 1.807) is 0 Å². The smallest absolute Gasteiger partial charge is 0.321 e. The molecule has 0 aliphatic heterocycles. The first-order valence-electron chi connectivity index (χ1n) is 6.56. The topological polar surface area (TPSA) is 40.5 Å². The number of hydrogen-bond acceptors (Lipinski definition) is 2. The second-order valence-corrected chi connectivity index (χ2v) is 5.04. The van der Waals surface area contributed by atoms with E-state index in [-0.39, 0.29) is 6.04 Å². The van der Waals surface area contributed by atoms with Crippen molar-refractivity contribution in [2.75, 3.05) is 13.1 Å². The third-order valence-corrected chi connectivity index (χ3v) is 3.88. The highest BCUT2D eigenvalue weighted by atomic mass is 16.4. The normalized spacial score (nSPS) is 28.0. The minimum Gasteiger partial charge on any atom is -0.480 e. The standard InChI is InChI=1S/C13H25NO2/c1-4-14(5-2)12(13(15)16)11-8-6-7-10(3)9-11/h10-12H,4-9H2,1-3H3,(H,15,16). The maximum atomic E-state index is 11.4. The van der Waals surface area contributed by atoms with Gasteiger partial charge >= 0.3 is 5.97 Å². The van der Waals surface area contributed by atoms with E-state index < -0.39 is 5.97 Å². The van der Waals surface area contributed by atoms with Gasteiger partial charge in [0, 0.05) is 0 Å². The average Bonchev–Trinajstić information content (AvgIpc) is 2.24. The molecule has 0 bridgehead atoms. The van der Waals surface area contributed by atoms with E-state index in [9.17, 15) is 9.90 Å². The minimum absolute atomic E-state index is 0.266. The summed E-state index contributed by atoms with van der Waals surface area (Å²) in [6.45, 7) is 8.00. The molecule has 3 unspecified atom stereocenters. The van der Waals surface area contributed by atoms with Crippen LogP contribution in [0.25, 0.3) is 0 Å². The average molecular weight is 227 g/mol. The van der Waals surface area contributed by atoms with E-state index >= 15 is 0 Å². The van der Waals surface area contributed by atoms with Gasteiger partial charge in [0.15, 0.2) is 0 Å². The highest BCUT2D eigenvalue weighted by Crippen LogP contribution is 2.32. The second-order valence-electron chi connectivity index (χ2n) is 5.04. The predicted molar refractivity (Wildman–Crippen MR) is 65.5 cm³/mol. The third kappa shape index (κ3) is 3.21. The second kappa shape index (κ2) is 6.24. The first kappa shape index (κ1) is 13.5. The molecule has 0 aromatic heterocycles. The molecule has 0 heterocycles. The molecule has 16 heavy (non-hydrogen) atoms. The molecule has 1 rings (SSSR count). The summed E-state index contributed by atoms with van der Waals surface area (Å²) in [4.78, 5) is 13.5. The molecule has 0 amide bonds. The van der Waals surface area contributed by atoms with Crippen molar-refractivity contribution in [2.24, 2.45) is 11.8 Å². The monoisotopic (exact) mass is 227 g/mol. The van der Waals surface area contributed by atoms with Crippen molar-refractivity contribution in [1.29, 1.82) is 0 Å². The molecule has 1 N–H and O–H groups in total. The highest BCUT2D eigenvalue weighted by Gasteiger charge is 2.34. The number of carboxylic acids is 1. The molecular formula is C13H25NO2. The molecule has 0 radical (unpaired) electrons. The van der Waals surface area contributed by atoms with Crippen molar-refractivity contribution >= 4 is 5.97 Å². The van der Waals surface area contributed by atoms with Crippen LogP contribution in [0.1, 0.15) is 46.5 Å². The summed E-state index contributed by atoms with van der Waals surface area (Å²) in [5.74, 6) is 0.403. The van der Waals surface area contributed by atoms with Crippen LogP contribution in [0.4, 0.5) is 0 Å². The third-order valence-electron chi connectivity index (χ3n) is 3.88. The number of nitrogens with zero attached hydrogens (tertiary/aromatic N) is 1. The molecule has 3 heteroatoms. The zero-order chi connectivity index (χ0) is 12.1. The van der Waals surface area contributed by atoms with E-state index in [2.05, 4.69) is 11.8 Å². The van der Waals surface area contributed by atoms with Gasteiger partial charge in [-0.2, -0.15) is 0 Å². The van der Waals surface area contributed by atoms with Gasteiger partial charge in [-0.25, -0.2) is 0 Å². The Hall–Kier alpha value is -0.570. The number of rotatable bonds is 5. The lowest BCUT2D eigenvalue weighted by atomic mass is 9.78. The van der Waals surface area contributed by atoms with Gasteiger partial charge < -0.3 is 5.11 Å². The van der Waals surface area contributed by atoms with E-state index in [1.165, 1.54) is 12.8 Å². The maximum absolute atomic E-state index is 11.4. The fourth-order valence-corrected chi connectivity index (χ4v) is 3.04. The zero-order valence-electron chi connectivity index (χ0n) is 10.8. The first-order chi connectivity index (χ1) is 7.60. The van der Waals surface area contributed by atoms with Crippen molar-refractivity contribution < 1.29 is 9.90 Å². The number of likely N-dealkylation sites (N-methyl/N-ethyl adjacent to an activating group) is 1. The van der Waals surface area contributed by atoms with Crippen molar-refractivity contribution in [3.63, 3.8) is 0 Å². The molecule has 0 aromatic carbocycles. The summed E-state index contributed by atoms with van der Waals surface area (Å²) in [7, 11) is 0. The van der Waals surface area contributed by atoms with E-state index in [0.717, 1.165) is 25.9 Å². The van der Waals surface area contributed by atoms with Gasteiger partial charge in [0.2, 0.25) is 0 Å². The Morgan fingerprint density at radius 1 is 1.38 bits per heavy atom. The highest BCUT2D eigenvalue weighted by molar-refractivity contribution is 5.73. The van der Waals surface area contributed by atoms with E-state index in [1.807, 2.05) is 13.8 Å². The Labute approximate surface area is 98.8 Å². The quantitative estimate of drug-likeness (QED) is 0.785. The fraction of sp³-hybridized carbons (Fsp3) is 0.923. The summed E-state index contributed by atoms with van der Waals surface area (Å²) in [6, 6.07) is -0.266. The molecule has 0 saturated heterocycles. The summed E-state index contributed by atoms with van der Waals surface area (Å²) >= 11 is 0. The van der Waals surface area contributed by atoms with Crippen molar-refractivity contribution in [3.05, 3.63) is 0 Å². The Morgan fingerprint density at radius 3 is 2.44 bits per heavy atom. The molecule has 3 nitrogen and oxygen atoms in total. The van der Waals surface area contributed by atoms with Gasteiger partial charge in [-0.05, 0) is 37.8 Å². The zero-order valence-corrected chi connectivity index (χ0v) is 10.8. The van der Waals surface area contributed by atoms with Crippen LogP contribution in [0.2, 0.25) is 0 Å². The number of carboxylic acid groups (broad SMARTS) is 1. The van der Waals surface area contributed by atoms with Gasteiger partial charge in [-0.15, -0.1) is 0 Å². The lowest BCUT2D eigenvalue weighted by Crippen LogP contribution is -2.47. The molecule has 1 fully saturated rings. The van der Waals surface area contributed by atoms with Gasteiger partial charge in [0.1, 0.15) is 6.04 Å². The summed E-state index contributed by atoms with van der Waals surface area (Å²) in [5.41, 5.74) is 0. The van der Waals surface area contributed by atoms with Crippen molar-refractivity contribution in [3.8, 4) is 0 Å². The maximum Gasteiger partial charge on any atom is 0.321 e. The van der Waals surface area contributed by atoms with Gasteiger partial charge in [-0.1, -0.05) is 33.6 Å². The van der Waals surface area contributed by atoms with Crippen LogP contribution in [0, 0.1) is 11.8 Å². The molecule has 0 spiro atoms. The first-order valence-corrected chi connectivity index (χ1v) is 6.56. The molecular weight excluding hydrogens is 202 g/mol. The van der Waals surface area contributed by atoms with Crippen molar-refractivity contribution in [1.82, 2.24) is 4.90 Å². The Bertz CT molecular complexity index is 226. The molecule has 1 aliphatic carbocycles. The van der Waals surface area contributed by atoms with Crippen LogP contribution < -0.4 is 0 Å². The van der Waals surface area contributed by atoms with E-state index in [4.69, 9.17) is 0 Å². The van der Waals surface area contributed by atoms with Crippen LogP contribution >= 0.6 is 0 Å². The number of carbonyl (C=O) groups is 1. The van der Waals surface area contributed by atoms with Gasteiger partial charge in [0.05, 0.1) is 0 Å². The van der Waals surface area contributed by atoms with Gasteiger partial charge in [0.25, 0.3) is 0 Å². The molecule has 3 atom stereocenters. The van der Waals surface area contributed by atoms with Gasteiger partial charge in [-0.3, -0.25) is 9.69 Å². The molecule has 1 aliphatic rings. The summed E-state index contributed by atoms with van der Waals surface area (Å²) < 4.78 is 0. The van der Waals surface area contributed by atoms with Crippen LogP contribution in [-0.2, 0) is 4.79 Å². The lowest BCUT2D eigenvalue weighted by molar-refractivity contribution is -0.146. The fourth-order valence-electron chi connectivity index (χ4n) is 3.04. The van der Waals surface area contributed by atoms with Crippen LogP contribution in [-0.4, -0.2) is 35.1 Å². The summed E-state index contributed by atoms with van der Waals surface area (Å²) in [5, 5.41) is 9.40. The largest absolute Gasteiger partial charge is 0.480 e. The predicted octanol–water partition coefficient (Wildman–Crippen LogP) is 2.61. The minimum atomic E-state index is -0.636. The van der Waals surface area contributed by atoms with Crippen LogP contribution in [0.3, 0.4) is 0 Å². The lowest BCUT2D eigenvalue weighted by Gasteiger charge is -2.36. The molecule has 1 saturated carbocycles. The Kier molecular flexibility index (Phi) is 5.26. The van der Waals surface area contributed by atoms with Crippen LogP contribution in [0.5, 0.6) is 0 Å².